The lowest BCUT2D eigenvalue weighted by molar-refractivity contribution is -0.137. The van der Waals surface area contributed by atoms with Gasteiger partial charge in [-0.25, -0.2) is 12.7 Å². The Labute approximate surface area is 167 Å². The van der Waals surface area contributed by atoms with E-state index < -0.39 is 32.4 Å². The third-order valence-corrected chi connectivity index (χ3v) is 8.22. The number of carbonyl (C=O) groups is 1. The van der Waals surface area contributed by atoms with Crippen molar-refractivity contribution in [2.24, 2.45) is 5.73 Å². The van der Waals surface area contributed by atoms with E-state index in [-0.39, 0.29) is 32.0 Å². The number of alkyl halides is 3. The van der Waals surface area contributed by atoms with Gasteiger partial charge in [0.15, 0.2) is 4.75 Å². The molecule has 0 bridgehead atoms. The lowest BCUT2D eigenvalue weighted by atomic mass is 9.96. The number of amides is 1. The van der Waals surface area contributed by atoms with Gasteiger partial charge in [0.05, 0.1) is 5.56 Å². The standard InChI is InChI=1S/C18H24F3N3O4S/c19-18(20,21)13-1-3-14(4-2-13)28-15-5-11-24(12-6-15)29(26,27)17(16(22)25)7-9-23-10-8-17/h1-4,15,23H,5-12H2,(H2,22,25). The van der Waals surface area contributed by atoms with Crippen LogP contribution in [0.5, 0.6) is 5.75 Å². The molecule has 0 spiro atoms. The van der Waals surface area contributed by atoms with Gasteiger partial charge in [-0.15, -0.1) is 0 Å². The summed E-state index contributed by atoms with van der Waals surface area (Å²) in [5, 5.41) is 3.04. The molecule has 3 N–H and O–H groups in total. The van der Waals surface area contributed by atoms with Gasteiger partial charge in [0.25, 0.3) is 0 Å². The number of carbonyl (C=O) groups excluding carboxylic acids is 1. The third kappa shape index (κ3) is 4.36. The molecule has 0 atom stereocenters. The first kappa shape index (κ1) is 21.8. The molecule has 29 heavy (non-hydrogen) atoms. The molecule has 0 aromatic heterocycles. The normalized spacial score (nSPS) is 21.6. The van der Waals surface area contributed by atoms with Gasteiger partial charge >= 0.3 is 6.18 Å². The topological polar surface area (TPSA) is 102 Å². The molecule has 11 heteroatoms. The molecule has 162 valence electrons. The molecule has 0 unspecified atom stereocenters. The highest BCUT2D eigenvalue weighted by molar-refractivity contribution is 7.91. The molecule has 7 nitrogen and oxygen atoms in total. The van der Waals surface area contributed by atoms with Gasteiger partial charge in [-0.3, -0.25) is 4.79 Å². The van der Waals surface area contributed by atoms with E-state index >= 15 is 0 Å². The van der Waals surface area contributed by atoms with E-state index in [1.54, 1.807) is 0 Å². The van der Waals surface area contributed by atoms with E-state index in [1.807, 2.05) is 0 Å². The van der Waals surface area contributed by atoms with E-state index in [2.05, 4.69) is 5.32 Å². The summed E-state index contributed by atoms with van der Waals surface area (Å²) in [6, 6.07) is 4.40. The Bertz CT molecular complexity index is 829. The number of ether oxygens (including phenoxy) is 1. The van der Waals surface area contributed by atoms with Crippen LogP contribution >= 0.6 is 0 Å². The number of hydrogen-bond donors (Lipinski definition) is 2. The second-order valence-corrected chi connectivity index (χ2v) is 9.60. The Kier molecular flexibility index (Phi) is 6.11. The van der Waals surface area contributed by atoms with Crippen LogP contribution in [0.15, 0.2) is 24.3 Å². The summed E-state index contributed by atoms with van der Waals surface area (Å²) in [7, 11) is -3.93. The molecule has 1 aromatic rings. The Balaban J connectivity index is 1.63. The molecular weight excluding hydrogens is 411 g/mol. The van der Waals surface area contributed by atoms with Gasteiger partial charge in [-0.1, -0.05) is 0 Å². The Morgan fingerprint density at radius 1 is 1.14 bits per heavy atom. The summed E-state index contributed by atoms with van der Waals surface area (Å²) >= 11 is 0. The highest BCUT2D eigenvalue weighted by Crippen LogP contribution is 2.34. The van der Waals surface area contributed by atoms with Crippen LogP contribution in [0.4, 0.5) is 13.2 Å². The zero-order valence-corrected chi connectivity index (χ0v) is 16.6. The molecule has 1 aromatic carbocycles. The van der Waals surface area contributed by atoms with Crippen molar-refractivity contribution in [1.29, 1.82) is 0 Å². The summed E-state index contributed by atoms with van der Waals surface area (Å²) in [5.74, 6) is -0.534. The molecule has 2 heterocycles. The average molecular weight is 435 g/mol. The highest BCUT2D eigenvalue weighted by atomic mass is 32.2. The second kappa shape index (κ2) is 8.11. The van der Waals surface area contributed by atoms with Crippen LogP contribution in [0.2, 0.25) is 0 Å². The van der Waals surface area contributed by atoms with Crippen LogP contribution < -0.4 is 15.8 Å². The number of primary amides is 1. The fraction of sp³-hybridized carbons (Fsp3) is 0.611. The van der Waals surface area contributed by atoms with Gasteiger partial charge in [0.1, 0.15) is 11.9 Å². The van der Waals surface area contributed by atoms with Crippen molar-refractivity contribution >= 4 is 15.9 Å². The Morgan fingerprint density at radius 2 is 1.69 bits per heavy atom. The van der Waals surface area contributed by atoms with Crippen molar-refractivity contribution in [3.63, 3.8) is 0 Å². The van der Waals surface area contributed by atoms with E-state index in [0.717, 1.165) is 12.1 Å². The molecule has 2 fully saturated rings. The highest BCUT2D eigenvalue weighted by Gasteiger charge is 2.53. The van der Waals surface area contributed by atoms with E-state index in [0.29, 0.717) is 31.7 Å². The maximum atomic E-state index is 13.2. The first-order valence-electron chi connectivity index (χ1n) is 9.40. The number of piperidine rings is 2. The fourth-order valence-corrected chi connectivity index (χ4v) is 5.97. The molecule has 2 saturated heterocycles. The number of nitrogens with one attached hydrogen (secondary N) is 1. The maximum absolute atomic E-state index is 13.2. The summed E-state index contributed by atoms with van der Waals surface area (Å²) in [5.41, 5.74) is 4.73. The Morgan fingerprint density at radius 3 is 2.17 bits per heavy atom. The summed E-state index contributed by atoms with van der Waals surface area (Å²) in [4.78, 5) is 12.1. The summed E-state index contributed by atoms with van der Waals surface area (Å²) in [6.45, 7) is 1.12. The SMILES string of the molecule is NC(=O)C1(S(=O)(=O)N2CCC(Oc3ccc(C(F)(F)F)cc3)CC2)CCNCC1. The van der Waals surface area contributed by atoms with Crippen molar-refractivity contribution in [3.05, 3.63) is 29.8 Å². The average Bonchev–Trinajstić information content (AvgIpc) is 2.68. The van der Waals surface area contributed by atoms with Crippen LogP contribution in [-0.4, -0.2) is 55.7 Å². The minimum Gasteiger partial charge on any atom is -0.490 e. The minimum absolute atomic E-state index is 0.132. The molecule has 3 rings (SSSR count). The third-order valence-electron chi connectivity index (χ3n) is 5.58. The lowest BCUT2D eigenvalue weighted by Crippen LogP contribution is -2.61. The van der Waals surface area contributed by atoms with Crippen LogP contribution in [-0.2, 0) is 21.0 Å². The number of nitrogens with two attached hydrogens (primary N) is 1. The van der Waals surface area contributed by atoms with Crippen molar-refractivity contribution in [2.45, 2.75) is 42.7 Å². The zero-order valence-electron chi connectivity index (χ0n) is 15.7. The second-order valence-electron chi connectivity index (χ2n) is 7.35. The molecular formula is C18H24F3N3O4S. The predicted molar refractivity (Wildman–Crippen MR) is 99.6 cm³/mol. The molecule has 0 saturated carbocycles. The summed E-state index contributed by atoms with van der Waals surface area (Å²) in [6.07, 6.45) is -3.74. The lowest BCUT2D eigenvalue weighted by Gasteiger charge is -2.40. The number of rotatable bonds is 5. The number of benzene rings is 1. The van der Waals surface area contributed by atoms with Gasteiger partial charge < -0.3 is 15.8 Å². The first-order valence-corrected chi connectivity index (χ1v) is 10.8. The first-order chi connectivity index (χ1) is 13.6. The van der Waals surface area contributed by atoms with E-state index in [4.69, 9.17) is 10.5 Å². The van der Waals surface area contributed by atoms with Crippen molar-refractivity contribution in [3.8, 4) is 5.75 Å². The van der Waals surface area contributed by atoms with E-state index in [1.165, 1.54) is 16.4 Å². The molecule has 2 aliphatic rings. The van der Waals surface area contributed by atoms with Crippen LogP contribution in [0, 0.1) is 0 Å². The molecule has 0 aliphatic carbocycles. The zero-order chi connectivity index (χ0) is 21.3. The number of halogens is 3. The quantitative estimate of drug-likeness (QED) is 0.730. The molecule has 2 aliphatic heterocycles. The molecule has 1 amide bonds. The van der Waals surface area contributed by atoms with Crippen LogP contribution in [0.1, 0.15) is 31.2 Å². The monoisotopic (exact) mass is 435 g/mol. The van der Waals surface area contributed by atoms with Crippen LogP contribution in [0.3, 0.4) is 0 Å². The minimum atomic E-state index is -4.41. The fourth-order valence-electron chi connectivity index (χ4n) is 3.81. The van der Waals surface area contributed by atoms with Gasteiger partial charge in [-0.05, 0) is 63.0 Å². The Hall–Kier alpha value is -1.85. The van der Waals surface area contributed by atoms with Crippen molar-refractivity contribution in [1.82, 2.24) is 9.62 Å². The maximum Gasteiger partial charge on any atom is 0.416 e. The number of hydrogen-bond acceptors (Lipinski definition) is 5. The number of sulfonamides is 1. The molecule has 0 radical (unpaired) electrons. The van der Waals surface area contributed by atoms with Crippen LogP contribution in [0.25, 0.3) is 0 Å². The largest absolute Gasteiger partial charge is 0.490 e. The van der Waals surface area contributed by atoms with E-state index in [9.17, 15) is 26.4 Å². The smallest absolute Gasteiger partial charge is 0.416 e. The predicted octanol–water partition coefficient (Wildman–Crippen LogP) is 1.49. The van der Waals surface area contributed by atoms with Crippen molar-refractivity contribution in [2.75, 3.05) is 26.2 Å². The number of nitrogens with zero attached hydrogens (tertiary/aromatic N) is 1. The van der Waals surface area contributed by atoms with Gasteiger partial charge in [-0.2, -0.15) is 13.2 Å². The van der Waals surface area contributed by atoms with Gasteiger partial charge in [0.2, 0.25) is 15.9 Å². The van der Waals surface area contributed by atoms with Gasteiger partial charge in [0, 0.05) is 13.1 Å². The van der Waals surface area contributed by atoms with Crippen molar-refractivity contribution < 1.29 is 31.1 Å². The summed E-state index contributed by atoms with van der Waals surface area (Å²) < 4.78 is 69.6.